The summed E-state index contributed by atoms with van der Waals surface area (Å²) >= 11 is 3.42. The van der Waals surface area contributed by atoms with E-state index >= 15 is 0 Å². The highest BCUT2D eigenvalue weighted by Gasteiger charge is 2.28. The van der Waals surface area contributed by atoms with Gasteiger partial charge in [0, 0.05) is 15.7 Å². The molecule has 5 nitrogen and oxygen atoms in total. The summed E-state index contributed by atoms with van der Waals surface area (Å²) in [5.74, 6) is 2.29. The average molecular weight is 350 g/mol. The van der Waals surface area contributed by atoms with Gasteiger partial charge >= 0.3 is 0 Å². The van der Waals surface area contributed by atoms with E-state index in [4.69, 9.17) is 5.73 Å². The number of halogens is 1. The first-order valence-electron chi connectivity index (χ1n) is 7.39. The SMILES string of the molecule is CC1CCC(n2nnnc2-c2ccc(Br)c(N)c2)CC1C. The summed E-state index contributed by atoms with van der Waals surface area (Å²) in [4.78, 5) is 0. The first kappa shape index (κ1) is 14.5. The number of hydrogen-bond donors (Lipinski definition) is 1. The lowest BCUT2D eigenvalue weighted by Crippen LogP contribution is -2.24. The van der Waals surface area contributed by atoms with Gasteiger partial charge in [-0.25, -0.2) is 4.68 Å². The van der Waals surface area contributed by atoms with Gasteiger partial charge in [-0.1, -0.05) is 13.8 Å². The van der Waals surface area contributed by atoms with E-state index in [0.29, 0.717) is 17.6 Å². The van der Waals surface area contributed by atoms with Gasteiger partial charge in [0.2, 0.25) is 0 Å². The lowest BCUT2D eigenvalue weighted by molar-refractivity contribution is 0.200. The molecule has 1 aromatic heterocycles. The number of anilines is 1. The predicted octanol–water partition coefficient (Wildman–Crippen LogP) is 3.68. The Morgan fingerprint density at radius 3 is 2.76 bits per heavy atom. The molecule has 1 aromatic carbocycles. The second-order valence-electron chi connectivity index (χ2n) is 6.10. The Labute approximate surface area is 133 Å². The third kappa shape index (κ3) is 2.81. The number of aromatic nitrogens is 4. The molecule has 0 radical (unpaired) electrons. The molecule has 0 saturated heterocycles. The highest BCUT2D eigenvalue weighted by Crippen LogP contribution is 2.37. The topological polar surface area (TPSA) is 69.6 Å². The standard InChI is InChI=1S/C15H20BrN5/c1-9-3-5-12(7-10(9)2)21-15(18-19-20-21)11-4-6-13(16)14(17)8-11/h4,6,8-10,12H,3,5,7,17H2,1-2H3. The van der Waals surface area contributed by atoms with E-state index in [9.17, 15) is 0 Å². The first-order chi connectivity index (χ1) is 10.1. The molecule has 2 aromatic rings. The zero-order valence-corrected chi connectivity index (χ0v) is 13.9. The molecule has 0 spiro atoms. The number of tetrazole rings is 1. The van der Waals surface area contributed by atoms with Crippen molar-refractivity contribution in [3.63, 3.8) is 0 Å². The molecule has 1 aliphatic rings. The van der Waals surface area contributed by atoms with E-state index in [1.807, 2.05) is 22.9 Å². The van der Waals surface area contributed by atoms with Crippen LogP contribution in [0.4, 0.5) is 5.69 Å². The maximum Gasteiger partial charge on any atom is 0.182 e. The second-order valence-corrected chi connectivity index (χ2v) is 6.96. The maximum absolute atomic E-state index is 5.97. The van der Waals surface area contributed by atoms with Crippen LogP contribution in [0.15, 0.2) is 22.7 Å². The third-order valence-electron chi connectivity index (χ3n) is 4.66. The van der Waals surface area contributed by atoms with Crippen molar-refractivity contribution in [2.75, 3.05) is 5.73 Å². The number of nitrogens with two attached hydrogens (primary N) is 1. The molecular formula is C15H20BrN5. The van der Waals surface area contributed by atoms with Crippen molar-refractivity contribution in [3.05, 3.63) is 22.7 Å². The van der Waals surface area contributed by atoms with Crippen molar-refractivity contribution >= 4 is 21.6 Å². The number of benzene rings is 1. The number of nitrogen functional groups attached to an aromatic ring is 1. The quantitative estimate of drug-likeness (QED) is 0.839. The zero-order valence-electron chi connectivity index (χ0n) is 12.3. The molecule has 0 aliphatic heterocycles. The summed E-state index contributed by atoms with van der Waals surface area (Å²) in [7, 11) is 0. The highest BCUT2D eigenvalue weighted by atomic mass is 79.9. The van der Waals surface area contributed by atoms with Crippen molar-refractivity contribution in [2.24, 2.45) is 11.8 Å². The number of hydrogen-bond acceptors (Lipinski definition) is 4. The van der Waals surface area contributed by atoms with Crippen LogP contribution in [0.1, 0.15) is 39.2 Å². The van der Waals surface area contributed by atoms with Gasteiger partial charge in [-0.3, -0.25) is 0 Å². The summed E-state index contributed by atoms with van der Waals surface area (Å²) in [5, 5.41) is 12.3. The minimum atomic E-state index is 0.381. The zero-order chi connectivity index (χ0) is 15.0. The molecule has 1 heterocycles. The fourth-order valence-electron chi connectivity index (χ4n) is 3.05. The van der Waals surface area contributed by atoms with Gasteiger partial charge in [-0.15, -0.1) is 5.10 Å². The van der Waals surface area contributed by atoms with Crippen LogP contribution in [0.2, 0.25) is 0 Å². The van der Waals surface area contributed by atoms with E-state index in [0.717, 1.165) is 34.6 Å². The fraction of sp³-hybridized carbons (Fsp3) is 0.533. The van der Waals surface area contributed by atoms with Gasteiger partial charge in [0.25, 0.3) is 0 Å². The molecule has 1 aliphatic carbocycles. The molecular weight excluding hydrogens is 330 g/mol. The van der Waals surface area contributed by atoms with Crippen molar-refractivity contribution in [2.45, 2.75) is 39.2 Å². The van der Waals surface area contributed by atoms with Crippen molar-refractivity contribution in [3.8, 4) is 11.4 Å². The molecule has 3 rings (SSSR count). The lowest BCUT2D eigenvalue weighted by Gasteiger charge is -2.32. The summed E-state index contributed by atoms with van der Waals surface area (Å²) in [6.07, 6.45) is 3.49. The molecule has 1 saturated carbocycles. The van der Waals surface area contributed by atoms with Gasteiger partial charge in [-0.05, 0) is 75.7 Å². The average Bonchev–Trinajstić information content (AvgIpc) is 2.94. The van der Waals surface area contributed by atoms with Crippen molar-refractivity contribution in [1.29, 1.82) is 0 Å². The highest BCUT2D eigenvalue weighted by molar-refractivity contribution is 9.10. The van der Waals surface area contributed by atoms with E-state index in [1.54, 1.807) is 0 Å². The Bertz CT molecular complexity index is 639. The second kappa shape index (κ2) is 5.75. The van der Waals surface area contributed by atoms with Crippen LogP contribution in [0, 0.1) is 11.8 Å². The third-order valence-corrected chi connectivity index (χ3v) is 5.39. The van der Waals surface area contributed by atoms with Gasteiger partial charge in [-0.2, -0.15) is 0 Å². The molecule has 2 N–H and O–H groups in total. The summed E-state index contributed by atoms with van der Waals surface area (Å²) < 4.78 is 2.87. The molecule has 1 fully saturated rings. The van der Waals surface area contributed by atoms with Crippen LogP contribution < -0.4 is 5.73 Å². The number of rotatable bonds is 2. The predicted molar refractivity (Wildman–Crippen MR) is 86.6 cm³/mol. The fourth-order valence-corrected chi connectivity index (χ4v) is 3.30. The van der Waals surface area contributed by atoms with Gasteiger partial charge < -0.3 is 5.73 Å². The minimum Gasteiger partial charge on any atom is -0.398 e. The van der Waals surface area contributed by atoms with Gasteiger partial charge in [0.1, 0.15) is 0 Å². The number of nitrogens with zero attached hydrogens (tertiary/aromatic N) is 4. The summed E-state index contributed by atoms with van der Waals surface area (Å²) in [6, 6.07) is 6.24. The molecule has 3 unspecified atom stereocenters. The van der Waals surface area contributed by atoms with Crippen LogP contribution in [-0.2, 0) is 0 Å². The van der Waals surface area contributed by atoms with E-state index in [2.05, 4.69) is 45.3 Å². The van der Waals surface area contributed by atoms with Crippen LogP contribution in [0.5, 0.6) is 0 Å². The van der Waals surface area contributed by atoms with Gasteiger partial charge in [0.05, 0.1) is 6.04 Å². The maximum atomic E-state index is 5.97. The Morgan fingerprint density at radius 2 is 2.05 bits per heavy atom. The van der Waals surface area contributed by atoms with Crippen LogP contribution in [-0.4, -0.2) is 20.2 Å². The van der Waals surface area contributed by atoms with Crippen molar-refractivity contribution in [1.82, 2.24) is 20.2 Å². The van der Waals surface area contributed by atoms with Crippen LogP contribution >= 0.6 is 15.9 Å². The first-order valence-corrected chi connectivity index (χ1v) is 8.19. The Hall–Kier alpha value is -1.43. The minimum absolute atomic E-state index is 0.381. The Morgan fingerprint density at radius 1 is 1.24 bits per heavy atom. The molecule has 6 heteroatoms. The lowest BCUT2D eigenvalue weighted by atomic mass is 9.79. The smallest absolute Gasteiger partial charge is 0.182 e. The summed E-state index contributed by atoms with van der Waals surface area (Å²) in [6.45, 7) is 4.65. The Balaban J connectivity index is 1.92. The normalized spacial score (nSPS) is 26.0. The van der Waals surface area contributed by atoms with E-state index < -0.39 is 0 Å². The monoisotopic (exact) mass is 349 g/mol. The molecule has 3 atom stereocenters. The molecule has 0 bridgehead atoms. The van der Waals surface area contributed by atoms with Gasteiger partial charge in [0.15, 0.2) is 5.82 Å². The largest absolute Gasteiger partial charge is 0.398 e. The van der Waals surface area contributed by atoms with Crippen LogP contribution in [0.25, 0.3) is 11.4 Å². The van der Waals surface area contributed by atoms with E-state index in [1.165, 1.54) is 6.42 Å². The van der Waals surface area contributed by atoms with Crippen molar-refractivity contribution < 1.29 is 0 Å². The summed E-state index contributed by atoms with van der Waals surface area (Å²) in [5.41, 5.74) is 7.64. The van der Waals surface area contributed by atoms with Crippen LogP contribution in [0.3, 0.4) is 0 Å². The molecule has 0 amide bonds. The molecule has 112 valence electrons. The molecule has 21 heavy (non-hydrogen) atoms. The van der Waals surface area contributed by atoms with E-state index in [-0.39, 0.29) is 0 Å². The Kier molecular flexibility index (Phi) is 3.97.